The van der Waals surface area contributed by atoms with Gasteiger partial charge in [0.25, 0.3) is 11.8 Å². The molecule has 2 aromatic rings. The van der Waals surface area contributed by atoms with Crippen molar-refractivity contribution in [3.05, 3.63) is 58.6 Å². The molecule has 3 rings (SSSR count). The minimum Gasteiger partial charge on any atom is -0.494 e. The molecule has 0 aliphatic carbocycles. The Labute approximate surface area is 174 Å². The van der Waals surface area contributed by atoms with Crippen LogP contribution in [0.2, 0.25) is 0 Å². The zero-order valence-electron chi connectivity index (χ0n) is 16.5. The molecule has 0 saturated carbocycles. The van der Waals surface area contributed by atoms with E-state index in [1.54, 1.807) is 44.6 Å². The lowest BCUT2D eigenvalue weighted by Crippen LogP contribution is -2.33. The van der Waals surface area contributed by atoms with Gasteiger partial charge in [-0.05, 0) is 48.7 Å². The highest BCUT2D eigenvalue weighted by molar-refractivity contribution is 6.55. The van der Waals surface area contributed by atoms with Gasteiger partial charge in [-0.1, -0.05) is 29.8 Å². The number of ether oxygens (including phenoxy) is 3. The largest absolute Gasteiger partial charge is 0.494 e. The number of methoxy groups -OCH3 is 2. The van der Waals surface area contributed by atoms with Crippen molar-refractivity contribution in [2.45, 2.75) is 13.3 Å². The Morgan fingerprint density at radius 2 is 1.62 bits per heavy atom. The average Bonchev–Trinajstić information content (AvgIpc) is 2.95. The van der Waals surface area contributed by atoms with E-state index in [4.69, 9.17) is 25.8 Å². The Hall–Kier alpha value is -2.99. The molecule has 2 aromatic carbocycles. The molecule has 0 unspecified atom stereocenters. The Kier molecular flexibility index (Phi) is 6.44. The van der Waals surface area contributed by atoms with Crippen molar-refractivity contribution in [3.8, 4) is 17.2 Å². The molecule has 152 valence electrons. The highest BCUT2D eigenvalue weighted by Crippen LogP contribution is 2.33. The van der Waals surface area contributed by atoms with Crippen LogP contribution in [0.4, 0.5) is 0 Å². The van der Waals surface area contributed by atoms with E-state index in [1.807, 2.05) is 19.1 Å². The number of carbonyl (C=O) groups excluding carboxylic acids is 2. The van der Waals surface area contributed by atoms with Gasteiger partial charge in [0.05, 0.1) is 26.4 Å². The third kappa shape index (κ3) is 4.22. The van der Waals surface area contributed by atoms with Crippen LogP contribution < -0.4 is 14.2 Å². The van der Waals surface area contributed by atoms with Crippen LogP contribution in [0, 0.1) is 0 Å². The highest BCUT2D eigenvalue weighted by atomic mass is 35.5. The molecule has 0 spiro atoms. The second kappa shape index (κ2) is 9.01. The van der Waals surface area contributed by atoms with Crippen LogP contribution in [0.15, 0.2) is 47.5 Å². The number of carbonyl (C=O) groups is 2. The number of amides is 2. The average molecular weight is 416 g/mol. The summed E-state index contributed by atoms with van der Waals surface area (Å²) < 4.78 is 15.9. The first kappa shape index (κ1) is 20.7. The first-order chi connectivity index (χ1) is 14.0. The van der Waals surface area contributed by atoms with Gasteiger partial charge in [0.2, 0.25) is 0 Å². The van der Waals surface area contributed by atoms with Crippen molar-refractivity contribution >= 4 is 29.0 Å². The van der Waals surface area contributed by atoms with Gasteiger partial charge in [-0.25, -0.2) is 0 Å². The molecule has 1 aliphatic heterocycles. The second-order valence-electron chi connectivity index (χ2n) is 6.35. The Morgan fingerprint density at radius 3 is 2.24 bits per heavy atom. The Bertz CT molecular complexity index is 952. The monoisotopic (exact) mass is 415 g/mol. The van der Waals surface area contributed by atoms with Crippen molar-refractivity contribution < 1.29 is 23.8 Å². The fourth-order valence-electron chi connectivity index (χ4n) is 3.16. The zero-order valence-corrected chi connectivity index (χ0v) is 17.3. The molecule has 7 heteroatoms. The van der Waals surface area contributed by atoms with E-state index < -0.39 is 11.8 Å². The maximum Gasteiger partial charge on any atom is 0.273 e. The third-order valence-electron chi connectivity index (χ3n) is 4.64. The number of imide groups is 1. The molecular weight excluding hydrogens is 394 g/mol. The summed E-state index contributed by atoms with van der Waals surface area (Å²) >= 11 is 6.22. The second-order valence-corrected chi connectivity index (χ2v) is 6.73. The molecule has 0 bridgehead atoms. The van der Waals surface area contributed by atoms with Gasteiger partial charge >= 0.3 is 0 Å². The van der Waals surface area contributed by atoms with E-state index in [1.165, 1.54) is 4.90 Å². The third-order valence-corrected chi connectivity index (χ3v) is 4.99. The molecule has 0 N–H and O–H groups in total. The fourth-order valence-corrected chi connectivity index (χ4v) is 3.45. The van der Waals surface area contributed by atoms with Gasteiger partial charge in [0, 0.05) is 6.54 Å². The molecule has 0 fully saturated rings. The van der Waals surface area contributed by atoms with Gasteiger partial charge < -0.3 is 14.2 Å². The minimum absolute atomic E-state index is 0.0635. The molecule has 1 aliphatic rings. The number of rotatable bonds is 8. The van der Waals surface area contributed by atoms with Crippen molar-refractivity contribution in [3.63, 3.8) is 0 Å². The van der Waals surface area contributed by atoms with Crippen LogP contribution in [0.3, 0.4) is 0 Å². The van der Waals surface area contributed by atoms with E-state index in [9.17, 15) is 9.59 Å². The molecule has 6 nitrogen and oxygen atoms in total. The van der Waals surface area contributed by atoms with Crippen LogP contribution in [0.25, 0.3) is 5.57 Å². The summed E-state index contributed by atoms with van der Waals surface area (Å²) in [5.74, 6) is 1.02. The highest BCUT2D eigenvalue weighted by Gasteiger charge is 2.37. The molecule has 29 heavy (non-hydrogen) atoms. The smallest absolute Gasteiger partial charge is 0.273 e. The fraction of sp³-hybridized carbons (Fsp3) is 0.273. The molecular formula is C22H22ClNO5. The normalized spacial score (nSPS) is 13.9. The van der Waals surface area contributed by atoms with E-state index in [0.717, 1.165) is 5.56 Å². The van der Waals surface area contributed by atoms with Gasteiger partial charge in [0.15, 0.2) is 11.5 Å². The van der Waals surface area contributed by atoms with E-state index in [2.05, 4.69) is 0 Å². The summed E-state index contributed by atoms with van der Waals surface area (Å²) in [6, 6.07) is 12.4. The quantitative estimate of drug-likeness (QED) is 0.615. The van der Waals surface area contributed by atoms with Crippen LogP contribution >= 0.6 is 11.6 Å². The zero-order chi connectivity index (χ0) is 21.0. The van der Waals surface area contributed by atoms with Crippen LogP contribution in [0.1, 0.15) is 18.1 Å². The SMILES string of the molecule is CCOc1ccc(C2=C(Cl)C(=O)N(CCc3ccc(OC)c(OC)c3)C2=O)cc1. The van der Waals surface area contributed by atoms with Gasteiger partial charge in [-0.15, -0.1) is 0 Å². The van der Waals surface area contributed by atoms with Gasteiger partial charge in [0.1, 0.15) is 10.8 Å². The predicted molar refractivity (Wildman–Crippen MR) is 110 cm³/mol. The molecule has 0 saturated heterocycles. The van der Waals surface area contributed by atoms with Crippen molar-refractivity contribution in [2.24, 2.45) is 0 Å². The lowest BCUT2D eigenvalue weighted by Gasteiger charge is -2.16. The number of hydrogen-bond donors (Lipinski definition) is 0. The van der Waals surface area contributed by atoms with E-state index >= 15 is 0 Å². The first-order valence-corrected chi connectivity index (χ1v) is 9.58. The molecule has 0 atom stereocenters. The summed E-state index contributed by atoms with van der Waals surface area (Å²) in [6.45, 7) is 2.65. The predicted octanol–water partition coefficient (Wildman–Crippen LogP) is 3.66. The molecule has 2 amide bonds. The summed E-state index contributed by atoms with van der Waals surface area (Å²) in [7, 11) is 3.12. The topological polar surface area (TPSA) is 65.1 Å². The molecule has 1 heterocycles. The van der Waals surface area contributed by atoms with Crippen LogP contribution in [0.5, 0.6) is 17.2 Å². The first-order valence-electron chi connectivity index (χ1n) is 9.20. The molecule has 0 radical (unpaired) electrons. The maximum absolute atomic E-state index is 12.9. The number of hydrogen-bond acceptors (Lipinski definition) is 5. The van der Waals surface area contributed by atoms with Crippen molar-refractivity contribution in [2.75, 3.05) is 27.4 Å². The van der Waals surface area contributed by atoms with Crippen LogP contribution in [-0.2, 0) is 16.0 Å². The van der Waals surface area contributed by atoms with Gasteiger partial charge in [-0.3, -0.25) is 14.5 Å². The van der Waals surface area contributed by atoms with E-state index in [0.29, 0.717) is 35.8 Å². The number of nitrogens with zero attached hydrogens (tertiary/aromatic N) is 1. The molecule has 0 aromatic heterocycles. The maximum atomic E-state index is 12.9. The van der Waals surface area contributed by atoms with Crippen molar-refractivity contribution in [1.29, 1.82) is 0 Å². The summed E-state index contributed by atoms with van der Waals surface area (Å²) in [4.78, 5) is 26.6. The van der Waals surface area contributed by atoms with E-state index in [-0.39, 0.29) is 17.2 Å². The Balaban J connectivity index is 1.74. The summed E-state index contributed by atoms with van der Waals surface area (Å²) in [5.41, 5.74) is 1.71. The number of halogens is 1. The summed E-state index contributed by atoms with van der Waals surface area (Å²) in [6.07, 6.45) is 0.471. The standard InChI is InChI=1S/C22H22ClNO5/c1-4-29-16-8-6-15(7-9-16)19-20(23)22(26)24(21(19)25)12-11-14-5-10-17(27-2)18(13-14)28-3/h5-10,13H,4,11-12H2,1-3H3. The van der Waals surface area contributed by atoms with Crippen molar-refractivity contribution in [1.82, 2.24) is 4.90 Å². The lowest BCUT2D eigenvalue weighted by atomic mass is 10.1. The van der Waals surface area contributed by atoms with Gasteiger partial charge in [-0.2, -0.15) is 0 Å². The lowest BCUT2D eigenvalue weighted by molar-refractivity contribution is -0.136. The number of benzene rings is 2. The van der Waals surface area contributed by atoms with Crippen LogP contribution in [-0.4, -0.2) is 44.1 Å². The summed E-state index contributed by atoms with van der Waals surface area (Å²) in [5, 5.41) is -0.0635. The Morgan fingerprint density at radius 1 is 0.931 bits per heavy atom. The minimum atomic E-state index is -0.485.